The molecule has 0 heterocycles. The average molecular weight is 400 g/mol. The summed E-state index contributed by atoms with van der Waals surface area (Å²) >= 11 is 15.4. The van der Waals surface area contributed by atoms with Gasteiger partial charge in [-0.05, 0) is 64.2 Å². The van der Waals surface area contributed by atoms with Crippen LogP contribution in [0.25, 0.3) is 0 Å². The molecule has 0 saturated carbocycles. The first-order valence-corrected chi connectivity index (χ1v) is 8.03. The van der Waals surface area contributed by atoms with E-state index in [1.807, 2.05) is 24.3 Å². The van der Waals surface area contributed by atoms with Gasteiger partial charge in [-0.2, -0.15) is 0 Å². The van der Waals surface area contributed by atoms with Crippen molar-refractivity contribution in [1.82, 2.24) is 0 Å². The van der Waals surface area contributed by atoms with Gasteiger partial charge in [0, 0.05) is 0 Å². The van der Waals surface area contributed by atoms with Gasteiger partial charge in [-0.3, -0.25) is 0 Å². The van der Waals surface area contributed by atoms with Gasteiger partial charge in [0.05, 0.1) is 21.6 Å². The van der Waals surface area contributed by atoms with Crippen LogP contribution >= 0.6 is 39.1 Å². The Morgan fingerprint density at radius 3 is 2.45 bits per heavy atom. The minimum absolute atomic E-state index is 0.503. The van der Waals surface area contributed by atoms with E-state index in [1.54, 1.807) is 13.2 Å². The molecule has 0 atom stereocenters. The molecule has 114 valence electrons. The number of benzene rings is 2. The first-order chi connectivity index (χ1) is 10.5. The second-order valence-electron chi connectivity index (χ2n) is 4.58. The van der Waals surface area contributed by atoms with Crippen molar-refractivity contribution in [1.29, 1.82) is 0 Å². The summed E-state index contributed by atoms with van der Waals surface area (Å²) in [5.74, 6) is 1.10. The van der Waals surface area contributed by atoms with Gasteiger partial charge < -0.3 is 9.47 Å². The summed E-state index contributed by atoms with van der Waals surface area (Å²) in [6.45, 7) is 0. The lowest BCUT2D eigenvalue weighted by molar-refractivity contribution is 0.384. The van der Waals surface area contributed by atoms with Crippen molar-refractivity contribution in [2.75, 3.05) is 7.11 Å². The minimum Gasteiger partial charge on any atom is -0.493 e. The Morgan fingerprint density at radius 2 is 1.82 bits per heavy atom. The number of methoxy groups -OCH3 is 1. The summed E-state index contributed by atoms with van der Waals surface area (Å²) in [4.78, 5) is 0. The van der Waals surface area contributed by atoms with Gasteiger partial charge in [0.2, 0.25) is 0 Å². The zero-order valence-corrected chi connectivity index (χ0v) is 14.9. The van der Waals surface area contributed by atoms with Crippen LogP contribution in [0.2, 0.25) is 10.0 Å². The molecule has 0 fully saturated rings. The Bertz CT molecular complexity index is 723. The average Bonchev–Trinajstić information content (AvgIpc) is 2.50. The van der Waals surface area contributed by atoms with Crippen LogP contribution in [0.3, 0.4) is 0 Å². The molecule has 0 radical (unpaired) electrons. The quantitative estimate of drug-likeness (QED) is 0.616. The van der Waals surface area contributed by atoms with Crippen LogP contribution in [0.15, 0.2) is 34.8 Å². The smallest absolute Gasteiger partial charge is 0.196 e. The zero-order chi connectivity index (χ0) is 16.1. The van der Waals surface area contributed by atoms with Gasteiger partial charge >= 0.3 is 0 Å². The van der Waals surface area contributed by atoms with E-state index in [4.69, 9.17) is 39.1 Å². The summed E-state index contributed by atoms with van der Waals surface area (Å²) in [7, 11) is 1.58. The van der Waals surface area contributed by atoms with Crippen LogP contribution in [0.1, 0.15) is 11.1 Å². The molecule has 0 aliphatic rings. The SMILES string of the molecule is C#COc1c(Br)cc(CCc2ccc(Cl)c(Cl)c2)cc1OC. The molecule has 0 N–H and O–H groups in total. The molecular formula is C17H13BrCl2O2. The van der Waals surface area contributed by atoms with Gasteiger partial charge in [-0.25, -0.2) is 0 Å². The second kappa shape index (κ2) is 7.78. The van der Waals surface area contributed by atoms with Crippen LogP contribution in [-0.4, -0.2) is 7.11 Å². The normalized spacial score (nSPS) is 10.1. The Morgan fingerprint density at radius 1 is 1.09 bits per heavy atom. The third kappa shape index (κ3) is 4.10. The van der Waals surface area contributed by atoms with E-state index in [0.29, 0.717) is 21.5 Å². The Hall–Kier alpha value is -1.34. The van der Waals surface area contributed by atoms with Crippen LogP contribution in [0.4, 0.5) is 0 Å². The molecule has 0 aliphatic heterocycles. The predicted octanol–water partition coefficient (Wildman–Crippen LogP) is 5.52. The maximum absolute atomic E-state index is 6.03. The van der Waals surface area contributed by atoms with E-state index < -0.39 is 0 Å². The number of ether oxygens (including phenoxy) is 2. The summed E-state index contributed by atoms with van der Waals surface area (Å²) in [6, 6.07) is 9.53. The molecular weight excluding hydrogens is 387 g/mol. The molecule has 2 rings (SSSR count). The zero-order valence-electron chi connectivity index (χ0n) is 11.8. The number of hydrogen-bond donors (Lipinski definition) is 0. The molecule has 0 aliphatic carbocycles. The predicted molar refractivity (Wildman–Crippen MR) is 94.0 cm³/mol. The molecule has 0 aromatic heterocycles. The molecule has 0 spiro atoms. The van der Waals surface area contributed by atoms with Crippen molar-refractivity contribution in [2.24, 2.45) is 0 Å². The Kier molecular flexibility index (Phi) is 6.02. The summed E-state index contributed by atoms with van der Waals surface area (Å²) in [5.41, 5.74) is 2.22. The summed E-state index contributed by atoms with van der Waals surface area (Å²) in [6.07, 6.45) is 8.99. The molecule has 5 heteroatoms. The van der Waals surface area contributed by atoms with E-state index in [0.717, 1.165) is 28.4 Å². The minimum atomic E-state index is 0.503. The standard InChI is InChI=1S/C17H13BrCl2O2/c1-3-22-17-13(18)8-12(10-16(17)21-2)5-4-11-6-7-14(19)15(20)9-11/h1,6-10H,4-5H2,2H3. The fourth-order valence-corrected chi connectivity index (χ4v) is 2.95. The highest BCUT2D eigenvalue weighted by Gasteiger charge is 2.11. The lowest BCUT2D eigenvalue weighted by Crippen LogP contribution is -1.96. The van der Waals surface area contributed by atoms with E-state index in [9.17, 15) is 0 Å². The number of halogens is 3. The number of aryl methyl sites for hydroxylation is 2. The molecule has 22 heavy (non-hydrogen) atoms. The van der Waals surface area contributed by atoms with Crippen molar-refractivity contribution < 1.29 is 9.47 Å². The fourth-order valence-electron chi connectivity index (χ4n) is 2.06. The lowest BCUT2D eigenvalue weighted by Gasteiger charge is -2.11. The van der Waals surface area contributed by atoms with Crippen molar-refractivity contribution in [3.63, 3.8) is 0 Å². The van der Waals surface area contributed by atoms with Gasteiger partial charge in [-0.1, -0.05) is 35.7 Å². The summed E-state index contributed by atoms with van der Waals surface area (Å²) in [5, 5.41) is 1.13. The Labute approximate surface area is 148 Å². The second-order valence-corrected chi connectivity index (χ2v) is 6.25. The maximum Gasteiger partial charge on any atom is 0.196 e. The van der Waals surface area contributed by atoms with E-state index in [1.165, 1.54) is 0 Å². The van der Waals surface area contributed by atoms with Crippen molar-refractivity contribution >= 4 is 39.1 Å². The third-order valence-electron chi connectivity index (χ3n) is 3.14. The van der Waals surface area contributed by atoms with E-state index in [2.05, 4.69) is 22.0 Å². The fraction of sp³-hybridized carbons (Fsp3) is 0.176. The molecule has 0 saturated heterocycles. The third-order valence-corrected chi connectivity index (χ3v) is 4.46. The van der Waals surface area contributed by atoms with Crippen molar-refractivity contribution in [3.8, 4) is 24.0 Å². The molecule has 0 bridgehead atoms. The highest BCUT2D eigenvalue weighted by molar-refractivity contribution is 9.10. The largest absolute Gasteiger partial charge is 0.493 e. The molecule has 0 amide bonds. The molecule has 0 unspecified atom stereocenters. The van der Waals surface area contributed by atoms with Crippen LogP contribution in [-0.2, 0) is 12.8 Å². The van der Waals surface area contributed by atoms with Crippen LogP contribution < -0.4 is 9.47 Å². The number of rotatable bonds is 5. The first-order valence-electron chi connectivity index (χ1n) is 6.48. The monoisotopic (exact) mass is 398 g/mol. The Balaban J connectivity index is 2.18. The van der Waals surface area contributed by atoms with Gasteiger partial charge in [0.25, 0.3) is 0 Å². The maximum atomic E-state index is 6.03. The molecule has 2 nitrogen and oxygen atoms in total. The topological polar surface area (TPSA) is 18.5 Å². The van der Waals surface area contributed by atoms with Crippen molar-refractivity contribution in [3.05, 3.63) is 56.0 Å². The van der Waals surface area contributed by atoms with Gasteiger partial charge in [0.1, 0.15) is 6.11 Å². The summed E-state index contributed by atoms with van der Waals surface area (Å²) < 4.78 is 11.2. The van der Waals surface area contributed by atoms with E-state index in [-0.39, 0.29) is 0 Å². The number of hydrogen-bond acceptors (Lipinski definition) is 2. The van der Waals surface area contributed by atoms with Gasteiger partial charge in [0.15, 0.2) is 11.5 Å². The number of terminal acetylenes is 1. The van der Waals surface area contributed by atoms with E-state index >= 15 is 0 Å². The van der Waals surface area contributed by atoms with Crippen LogP contribution in [0.5, 0.6) is 11.5 Å². The first kappa shape index (κ1) is 17.0. The highest BCUT2D eigenvalue weighted by Crippen LogP contribution is 2.37. The highest BCUT2D eigenvalue weighted by atomic mass is 79.9. The molecule has 2 aromatic rings. The van der Waals surface area contributed by atoms with Crippen molar-refractivity contribution in [2.45, 2.75) is 12.8 Å². The van der Waals surface area contributed by atoms with Gasteiger partial charge in [-0.15, -0.1) is 0 Å². The lowest BCUT2D eigenvalue weighted by atomic mass is 10.0. The molecule has 2 aromatic carbocycles. The van der Waals surface area contributed by atoms with Crippen LogP contribution in [0, 0.1) is 12.5 Å².